The van der Waals surface area contributed by atoms with Crippen LogP contribution in [-0.2, 0) is 4.79 Å². The molecule has 2 aromatic heterocycles. The van der Waals surface area contributed by atoms with E-state index in [2.05, 4.69) is 26.2 Å². The Labute approximate surface area is 201 Å². The number of aryl methyl sites for hydroxylation is 1. The van der Waals surface area contributed by atoms with Crippen LogP contribution in [0.3, 0.4) is 0 Å². The largest absolute Gasteiger partial charge is 0.482 e. The zero-order valence-corrected chi connectivity index (χ0v) is 20.1. The molecule has 1 aliphatic heterocycles. The number of carbonyl (C=O) groups is 2. The summed E-state index contributed by atoms with van der Waals surface area (Å²) >= 11 is 4.90. The van der Waals surface area contributed by atoms with E-state index >= 15 is 0 Å². The van der Waals surface area contributed by atoms with E-state index in [0.717, 1.165) is 20.5 Å². The summed E-state index contributed by atoms with van der Waals surface area (Å²) in [6.07, 6.45) is 1.43. The van der Waals surface area contributed by atoms with Gasteiger partial charge in [0.2, 0.25) is 0 Å². The van der Waals surface area contributed by atoms with E-state index in [0.29, 0.717) is 27.2 Å². The van der Waals surface area contributed by atoms with E-state index in [1.807, 2.05) is 31.2 Å². The molecule has 5 rings (SSSR count). The molecule has 0 spiro atoms. The summed E-state index contributed by atoms with van der Waals surface area (Å²) in [6.45, 7) is 3.58. The van der Waals surface area contributed by atoms with Gasteiger partial charge in [0.25, 0.3) is 11.5 Å². The number of ether oxygens (including phenoxy) is 1. The lowest BCUT2D eigenvalue weighted by Crippen LogP contribution is -2.29. The number of rotatable bonds is 4. The molecule has 0 saturated heterocycles. The SMILES string of the molecule is Cc1sc2ncn(C(C)C(=O)c3ccc4c(c3)NC(=O)CO4)c(=O)c2c1-c1ccc(Br)cc1. The summed E-state index contributed by atoms with van der Waals surface area (Å²) in [5.41, 5.74) is 2.30. The molecule has 1 N–H and O–H groups in total. The van der Waals surface area contributed by atoms with Crippen LogP contribution in [0.15, 0.2) is 58.1 Å². The quantitative estimate of drug-likeness (QED) is 0.381. The number of anilines is 1. The van der Waals surface area contributed by atoms with Crippen LogP contribution in [0, 0.1) is 6.92 Å². The maximum absolute atomic E-state index is 13.5. The number of Topliss-reactive ketones (excluding diaryl/α,β-unsaturated/α-hetero) is 1. The number of halogens is 1. The van der Waals surface area contributed by atoms with Gasteiger partial charge in [-0.3, -0.25) is 19.0 Å². The number of benzene rings is 2. The molecule has 2 aromatic carbocycles. The smallest absolute Gasteiger partial charge is 0.263 e. The highest BCUT2D eigenvalue weighted by Gasteiger charge is 2.24. The highest BCUT2D eigenvalue weighted by molar-refractivity contribution is 9.10. The van der Waals surface area contributed by atoms with Crippen molar-refractivity contribution in [3.8, 4) is 16.9 Å². The molecule has 9 heteroatoms. The summed E-state index contributed by atoms with van der Waals surface area (Å²) in [5.74, 6) is -0.0377. The van der Waals surface area contributed by atoms with Gasteiger partial charge >= 0.3 is 0 Å². The molecule has 33 heavy (non-hydrogen) atoms. The lowest BCUT2D eigenvalue weighted by molar-refractivity contribution is -0.118. The van der Waals surface area contributed by atoms with Gasteiger partial charge in [-0.1, -0.05) is 28.1 Å². The third kappa shape index (κ3) is 3.77. The van der Waals surface area contributed by atoms with E-state index < -0.39 is 6.04 Å². The summed E-state index contributed by atoms with van der Waals surface area (Å²) < 4.78 is 7.68. The first kappa shape index (κ1) is 21.5. The van der Waals surface area contributed by atoms with Crippen LogP contribution in [0.25, 0.3) is 21.3 Å². The summed E-state index contributed by atoms with van der Waals surface area (Å²) in [5, 5.41) is 3.21. The zero-order chi connectivity index (χ0) is 23.3. The third-order valence-corrected chi connectivity index (χ3v) is 7.18. The number of hydrogen-bond donors (Lipinski definition) is 1. The molecule has 4 aromatic rings. The number of nitrogens with one attached hydrogen (secondary N) is 1. The second kappa shape index (κ2) is 8.24. The van der Waals surface area contributed by atoms with Crippen molar-refractivity contribution in [1.82, 2.24) is 9.55 Å². The van der Waals surface area contributed by atoms with Crippen molar-refractivity contribution < 1.29 is 14.3 Å². The van der Waals surface area contributed by atoms with Crippen molar-refractivity contribution in [2.24, 2.45) is 0 Å². The van der Waals surface area contributed by atoms with Crippen LogP contribution in [0.5, 0.6) is 5.75 Å². The van der Waals surface area contributed by atoms with Gasteiger partial charge in [-0.25, -0.2) is 4.98 Å². The Hall–Kier alpha value is -3.30. The topological polar surface area (TPSA) is 90.3 Å². The molecule has 3 heterocycles. The Kier molecular flexibility index (Phi) is 5.38. The summed E-state index contributed by atoms with van der Waals surface area (Å²) in [6, 6.07) is 11.8. The first-order valence-electron chi connectivity index (χ1n) is 10.2. The standard InChI is InChI=1S/C24H18BrN3O4S/c1-12(22(30)15-5-8-18-17(9-15)27-19(29)10-32-18)28-11-26-23-21(24(28)31)20(13(2)33-23)14-3-6-16(25)7-4-14/h3-9,11-12H,10H2,1-2H3,(H,27,29). The first-order valence-corrected chi connectivity index (χ1v) is 11.8. The van der Waals surface area contributed by atoms with Crippen LogP contribution >= 0.6 is 27.3 Å². The van der Waals surface area contributed by atoms with Gasteiger partial charge in [0.05, 0.1) is 23.4 Å². The third-order valence-electron chi connectivity index (χ3n) is 5.64. The predicted octanol–water partition coefficient (Wildman–Crippen LogP) is 4.97. The fourth-order valence-electron chi connectivity index (χ4n) is 3.96. The van der Waals surface area contributed by atoms with E-state index in [1.165, 1.54) is 22.2 Å². The summed E-state index contributed by atoms with van der Waals surface area (Å²) in [7, 11) is 0. The maximum Gasteiger partial charge on any atom is 0.263 e. The van der Waals surface area contributed by atoms with Gasteiger partial charge in [0, 0.05) is 20.5 Å². The molecular formula is C24H18BrN3O4S. The fraction of sp³-hybridized carbons (Fsp3) is 0.167. The average molecular weight is 524 g/mol. The second-order valence-electron chi connectivity index (χ2n) is 7.77. The van der Waals surface area contributed by atoms with E-state index in [4.69, 9.17) is 4.74 Å². The predicted molar refractivity (Wildman–Crippen MR) is 131 cm³/mol. The van der Waals surface area contributed by atoms with Crippen LogP contribution in [0.2, 0.25) is 0 Å². The van der Waals surface area contributed by atoms with Crippen molar-refractivity contribution in [3.05, 3.63) is 74.1 Å². The molecule has 0 saturated carbocycles. The van der Waals surface area contributed by atoms with Gasteiger partial charge < -0.3 is 10.1 Å². The minimum Gasteiger partial charge on any atom is -0.482 e. The Morgan fingerprint density at radius 1 is 1.21 bits per heavy atom. The molecule has 166 valence electrons. The van der Waals surface area contributed by atoms with Crippen molar-refractivity contribution >= 4 is 54.9 Å². The van der Waals surface area contributed by atoms with Crippen LogP contribution in [0.4, 0.5) is 5.69 Å². The normalized spacial score (nSPS) is 13.8. The van der Waals surface area contributed by atoms with Crippen molar-refractivity contribution in [3.63, 3.8) is 0 Å². The highest BCUT2D eigenvalue weighted by atomic mass is 79.9. The second-order valence-corrected chi connectivity index (χ2v) is 9.88. The molecular weight excluding hydrogens is 506 g/mol. The lowest BCUT2D eigenvalue weighted by Gasteiger charge is -2.19. The minimum atomic E-state index is -0.786. The van der Waals surface area contributed by atoms with Gasteiger partial charge in [0.1, 0.15) is 10.6 Å². The van der Waals surface area contributed by atoms with Crippen LogP contribution < -0.4 is 15.6 Å². The number of hydrogen-bond acceptors (Lipinski definition) is 6. The monoisotopic (exact) mass is 523 g/mol. The number of nitrogens with zero attached hydrogens (tertiary/aromatic N) is 2. The van der Waals surface area contributed by atoms with Crippen molar-refractivity contribution in [1.29, 1.82) is 0 Å². The van der Waals surface area contributed by atoms with Gasteiger partial charge in [-0.05, 0) is 49.7 Å². The Bertz CT molecular complexity index is 1490. The highest BCUT2D eigenvalue weighted by Crippen LogP contribution is 2.36. The van der Waals surface area contributed by atoms with Gasteiger partial charge in [0.15, 0.2) is 12.4 Å². The van der Waals surface area contributed by atoms with E-state index in [-0.39, 0.29) is 23.9 Å². The average Bonchev–Trinajstić information content (AvgIpc) is 3.15. The van der Waals surface area contributed by atoms with Crippen LogP contribution in [-0.4, -0.2) is 27.8 Å². The Morgan fingerprint density at radius 2 is 1.97 bits per heavy atom. The molecule has 0 bridgehead atoms. The van der Waals surface area contributed by atoms with Crippen LogP contribution in [0.1, 0.15) is 28.2 Å². The number of aromatic nitrogens is 2. The number of fused-ring (bicyclic) bond motifs is 2. The number of thiophene rings is 1. The summed E-state index contributed by atoms with van der Waals surface area (Å²) in [4.78, 5) is 44.5. The molecule has 7 nitrogen and oxygen atoms in total. The van der Waals surface area contributed by atoms with Crippen molar-refractivity contribution in [2.75, 3.05) is 11.9 Å². The maximum atomic E-state index is 13.5. The molecule has 1 amide bonds. The fourth-order valence-corrected chi connectivity index (χ4v) is 5.23. The number of ketones is 1. The molecule has 0 aliphatic carbocycles. The van der Waals surface area contributed by atoms with E-state index in [1.54, 1.807) is 25.1 Å². The van der Waals surface area contributed by atoms with Gasteiger partial charge in [-0.15, -0.1) is 11.3 Å². The molecule has 0 fully saturated rings. The Morgan fingerprint density at radius 3 is 2.73 bits per heavy atom. The zero-order valence-electron chi connectivity index (χ0n) is 17.7. The minimum absolute atomic E-state index is 0.0570. The molecule has 1 unspecified atom stereocenters. The first-order chi connectivity index (χ1) is 15.8. The molecule has 0 radical (unpaired) electrons. The number of amides is 1. The lowest BCUT2D eigenvalue weighted by atomic mass is 10.0. The number of carbonyl (C=O) groups excluding carboxylic acids is 2. The Balaban J connectivity index is 1.57. The van der Waals surface area contributed by atoms with Gasteiger partial charge in [-0.2, -0.15) is 0 Å². The molecule has 1 aliphatic rings. The molecule has 1 atom stereocenters. The van der Waals surface area contributed by atoms with E-state index in [9.17, 15) is 14.4 Å². The van der Waals surface area contributed by atoms with Crippen molar-refractivity contribution in [2.45, 2.75) is 19.9 Å².